The maximum atomic E-state index is 11.7. The van der Waals surface area contributed by atoms with E-state index in [1.807, 2.05) is 0 Å². The third-order valence-electron chi connectivity index (χ3n) is 2.39. The van der Waals surface area contributed by atoms with Gasteiger partial charge >= 0.3 is 5.97 Å². The number of benzene rings is 1. The van der Waals surface area contributed by atoms with Gasteiger partial charge in [0.15, 0.2) is 5.25 Å². The summed E-state index contributed by atoms with van der Waals surface area (Å²) < 4.78 is 25.6. The molecule has 7 heteroatoms. The Balaban J connectivity index is 3.29. The molecule has 0 fully saturated rings. The molecular weight excluding hydrogens is 256 g/mol. The molecule has 96 valence electrons. The minimum absolute atomic E-state index is 0.00731. The Morgan fingerprint density at radius 2 is 2.11 bits per heavy atom. The van der Waals surface area contributed by atoms with Gasteiger partial charge in [0.05, 0.1) is 17.3 Å². The third-order valence-corrected chi connectivity index (χ3v) is 3.92. The van der Waals surface area contributed by atoms with Crippen LogP contribution in [0.25, 0.3) is 0 Å². The summed E-state index contributed by atoms with van der Waals surface area (Å²) in [4.78, 5) is 11.0. The van der Waals surface area contributed by atoms with Gasteiger partial charge in [0.1, 0.15) is 0 Å². The number of carbonyl (C=O) groups is 1. The molecule has 0 aliphatic heterocycles. The van der Waals surface area contributed by atoms with Gasteiger partial charge in [0, 0.05) is 0 Å². The molecule has 0 aliphatic carbocycles. The zero-order valence-corrected chi connectivity index (χ0v) is 10.7. The molecule has 1 aromatic rings. The highest BCUT2D eigenvalue weighted by Crippen LogP contribution is 2.22. The van der Waals surface area contributed by atoms with Crippen LogP contribution in [0.2, 0.25) is 0 Å². The molecule has 2 N–H and O–H groups in total. The fraction of sp³-hybridized carbons (Fsp3) is 0.273. The van der Waals surface area contributed by atoms with Gasteiger partial charge in [0.25, 0.3) is 0 Å². The molecule has 0 saturated carbocycles. The fourth-order valence-electron chi connectivity index (χ4n) is 1.28. The summed E-state index contributed by atoms with van der Waals surface area (Å²) in [5.74, 6) is -1.24. The molecule has 1 aromatic carbocycles. The van der Waals surface area contributed by atoms with E-state index in [0.29, 0.717) is 5.56 Å². The zero-order chi connectivity index (χ0) is 13.9. The topological polar surface area (TPSA) is 107 Å². The van der Waals surface area contributed by atoms with Gasteiger partial charge in [-0.25, -0.2) is 13.2 Å². The van der Waals surface area contributed by atoms with Crippen LogP contribution < -0.4 is 4.72 Å². The molecule has 1 rings (SSSR count). The van der Waals surface area contributed by atoms with Gasteiger partial charge in [-0.05, 0) is 25.5 Å². The maximum absolute atomic E-state index is 11.7. The van der Waals surface area contributed by atoms with Crippen LogP contribution in [0.3, 0.4) is 0 Å². The Morgan fingerprint density at radius 3 is 2.61 bits per heavy atom. The summed E-state index contributed by atoms with van der Waals surface area (Å²) in [7, 11) is -3.92. The van der Waals surface area contributed by atoms with Crippen molar-refractivity contribution in [1.82, 2.24) is 0 Å². The lowest BCUT2D eigenvalue weighted by atomic mass is 10.1. The van der Waals surface area contributed by atoms with Gasteiger partial charge in [-0.3, -0.25) is 4.72 Å². The van der Waals surface area contributed by atoms with Gasteiger partial charge < -0.3 is 5.11 Å². The van der Waals surface area contributed by atoms with Crippen molar-refractivity contribution in [3.05, 3.63) is 29.3 Å². The van der Waals surface area contributed by atoms with Crippen LogP contribution in [0.15, 0.2) is 18.2 Å². The number of para-hydroxylation sites is 1. The minimum Gasteiger partial charge on any atom is -0.478 e. The Morgan fingerprint density at radius 1 is 1.50 bits per heavy atom. The lowest BCUT2D eigenvalue weighted by Crippen LogP contribution is -2.25. The third kappa shape index (κ3) is 2.78. The van der Waals surface area contributed by atoms with Gasteiger partial charge in [-0.1, -0.05) is 12.1 Å². The molecule has 1 unspecified atom stereocenters. The van der Waals surface area contributed by atoms with E-state index in [2.05, 4.69) is 4.72 Å². The van der Waals surface area contributed by atoms with Crippen LogP contribution in [0.1, 0.15) is 22.8 Å². The lowest BCUT2D eigenvalue weighted by molar-refractivity contribution is 0.0698. The molecule has 18 heavy (non-hydrogen) atoms. The van der Waals surface area contributed by atoms with E-state index < -0.39 is 21.2 Å². The SMILES string of the molecule is Cc1cccc(C(=O)O)c1NS(=O)(=O)C(C)C#N. The number of hydrogen-bond donors (Lipinski definition) is 2. The Hall–Kier alpha value is -2.07. The highest BCUT2D eigenvalue weighted by atomic mass is 32.2. The van der Waals surface area contributed by atoms with Crippen molar-refractivity contribution < 1.29 is 18.3 Å². The van der Waals surface area contributed by atoms with Crippen LogP contribution in [0.4, 0.5) is 5.69 Å². The Bertz CT molecular complexity index is 616. The quantitative estimate of drug-likeness (QED) is 0.857. The van der Waals surface area contributed by atoms with E-state index in [0.717, 1.165) is 0 Å². The predicted molar refractivity (Wildman–Crippen MR) is 65.8 cm³/mol. The summed E-state index contributed by atoms with van der Waals surface area (Å²) in [6.07, 6.45) is 0. The molecule has 0 saturated heterocycles. The summed E-state index contributed by atoms with van der Waals surface area (Å²) >= 11 is 0. The predicted octanol–water partition coefficient (Wildman–Crippen LogP) is 1.35. The standard InChI is InChI=1S/C11H12N2O4S/c1-7-4-3-5-9(11(14)15)10(7)13-18(16,17)8(2)6-12/h3-5,8,13H,1-2H3,(H,14,15). The number of aromatic carboxylic acids is 1. The molecule has 0 amide bonds. The second kappa shape index (κ2) is 5.06. The summed E-state index contributed by atoms with van der Waals surface area (Å²) in [5, 5.41) is 16.3. The first-order chi connectivity index (χ1) is 8.29. The molecule has 0 spiro atoms. The first kappa shape index (κ1) is 14.0. The average molecular weight is 268 g/mol. The molecule has 6 nitrogen and oxygen atoms in total. The molecule has 0 heterocycles. The maximum Gasteiger partial charge on any atom is 0.337 e. The van der Waals surface area contributed by atoms with E-state index >= 15 is 0 Å². The van der Waals surface area contributed by atoms with Crippen molar-refractivity contribution in [2.75, 3.05) is 4.72 Å². The van der Waals surface area contributed by atoms with Gasteiger partial charge in [0.2, 0.25) is 10.0 Å². The van der Waals surface area contributed by atoms with E-state index in [9.17, 15) is 13.2 Å². The number of sulfonamides is 1. The zero-order valence-electron chi connectivity index (χ0n) is 9.84. The number of anilines is 1. The molecule has 0 aliphatic rings. The van der Waals surface area contributed by atoms with Crippen LogP contribution >= 0.6 is 0 Å². The highest BCUT2D eigenvalue weighted by molar-refractivity contribution is 7.93. The largest absolute Gasteiger partial charge is 0.478 e. The van der Waals surface area contributed by atoms with Crippen LogP contribution in [-0.2, 0) is 10.0 Å². The number of rotatable bonds is 4. The number of nitriles is 1. The highest BCUT2D eigenvalue weighted by Gasteiger charge is 2.23. The molecule has 0 aromatic heterocycles. The van der Waals surface area contributed by atoms with Crippen molar-refractivity contribution in [3.63, 3.8) is 0 Å². The van der Waals surface area contributed by atoms with E-state index in [1.54, 1.807) is 19.1 Å². The summed E-state index contributed by atoms with van der Waals surface area (Å²) in [6.45, 7) is 2.81. The van der Waals surface area contributed by atoms with Crippen molar-refractivity contribution in [3.8, 4) is 6.07 Å². The number of carboxylic acid groups (broad SMARTS) is 1. The van der Waals surface area contributed by atoms with Crippen LogP contribution in [-0.4, -0.2) is 24.7 Å². The number of nitrogens with one attached hydrogen (secondary N) is 1. The normalized spacial score (nSPS) is 12.5. The lowest BCUT2D eigenvalue weighted by Gasteiger charge is -2.13. The van der Waals surface area contributed by atoms with Crippen molar-refractivity contribution in [1.29, 1.82) is 5.26 Å². The first-order valence-corrected chi connectivity index (χ1v) is 6.58. The van der Waals surface area contributed by atoms with Crippen LogP contribution in [0.5, 0.6) is 0 Å². The number of aryl methyl sites for hydroxylation is 1. The molecular formula is C11H12N2O4S. The number of carboxylic acids is 1. The van der Waals surface area contributed by atoms with E-state index in [1.165, 1.54) is 19.1 Å². The molecule has 0 bridgehead atoms. The summed E-state index contributed by atoms with van der Waals surface area (Å²) in [6, 6.07) is 5.99. The van der Waals surface area contributed by atoms with Gasteiger partial charge in [-0.2, -0.15) is 5.26 Å². The fourth-order valence-corrected chi connectivity index (χ4v) is 2.15. The smallest absolute Gasteiger partial charge is 0.337 e. The van der Waals surface area contributed by atoms with Crippen molar-refractivity contribution >= 4 is 21.7 Å². The van der Waals surface area contributed by atoms with Gasteiger partial charge in [-0.15, -0.1) is 0 Å². The Kier molecular flexibility index (Phi) is 3.93. The van der Waals surface area contributed by atoms with Crippen molar-refractivity contribution in [2.45, 2.75) is 19.1 Å². The first-order valence-electron chi connectivity index (χ1n) is 5.03. The van der Waals surface area contributed by atoms with Crippen molar-refractivity contribution in [2.24, 2.45) is 0 Å². The monoisotopic (exact) mass is 268 g/mol. The Labute approximate surface area is 105 Å². The average Bonchev–Trinajstić information content (AvgIpc) is 2.30. The van der Waals surface area contributed by atoms with E-state index in [4.69, 9.17) is 10.4 Å². The molecule has 1 atom stereocenters. The molecule has 0 radical (unpaired) electrons. The van der Waals surface area contributed by atoms with Crippen LogP contribution in [0, 0.1) is 18.3 Å². The summed E-state index contributed by atoms with van der Waals surface area (Å²) in [5.41, 5.74) is 0.319. The minimum atomic E-state index is -3.92. The number of hydrogen-bond acceptors (Lipinski definition) is 4. The second-order valence-electron chi connectivity index (χ2n) is 3.72. The van der Waals surface area contributed by atoms with E-state index in [-0.39, 0.29) is 11.3 Å². The second-order valence-corrected chi connectivity index (χ2v) is 5.72. The number of nitrogens with zero attached hydrogens (tertiary/aromatic N) is 1.